The van der Waals surface area contributed by atoms with Crippen LogP contribution in [0.25, 0.3) is 0 Å². The van der Waals surface area contributed by atoms with Gasteiger partial charge in [0.25, 0.3) is 0 Å². The second kappa shape index (κ2) is 4.66. The number of hydrogen-bond donors (Lipinski definition) is 0. The summed E-state index contributed by atoms with van der Waals surface area (Å²) in [6.07, 6.45) is 0. The molecule has 0 bridgehead atoms. The van der Waals surface area contributed by atoms with E-state index in [9.17, 15) is 0 Å². The minimum Gasteiger partial charge on any atom is -0.131 e. The molecule has 0 aromatic carbocycles. The van der Waals surface area contributed by atoms with Crippen molar-refractivity contribution in [3.05, 3.63) is 0 Å². The quantitative estimate of drug-likeness (QED) is 0.412. The molecule has 0 fully saturated rings. The molecule has 0 aliphatic carbocycles. The van der Waals surface area contributed by atoms with Crippen LogP contribution in [-0.4, -0.2) is 14.3 Å². The van der Waals surface area contributed by atoms with Crippen molar-refractivity contribution in [2.75, 3.05) is 5.50 Å². The molecule has 0 saturated carbocycles. The molecule has 0 radical (unpaired) electrons. The van der Waals surface area contributed by atoms with Crippen molar-refractivity contribution >= 4 is 20.4 Å². The number of hydrogen-bond acceptors (Lipinski definition) is 0. The fourth-order valence-corrected chi connectivity index (χ4v) is 2.83. The molecule has 0 aliphatic rings. The van der Waals surface area contributed by atoms with Gasteiger partial charge in [-0.05, 0) is 0 Å². The number of alkyl halides is 1. The van der Waals surface area contributed by atoms with Crippen LogP contribution >= 0.6 is 11.6 Å². The van der Waals surface area contributed by atoms with E-state index in [4.69, 9.17) is 11.6 Å². The first-order valence-corrected chi connectivity index (χ1v) is 5.89. The monoisotopic (exact) mass is 136 g/mol. The van der Waals surface area contributed by atoms with Gasteiger partial charge < -0.3 is 0 Å². The highest BCUT2D eigenvalue weighted by molar-refractivity contribution is 6.67. The molecule has 0 unspecified atom stereocenters. The van der Waals surface area contributed by atoms with Gasteiger partial charge in [0, 0.05) is 5.50 Å². The smallest absolute Gasteiger partial charge is 0.0535 e. The lowest BCUT2D eigenvalue weighted by Gasteiger charge is -2.01. The van der Waals surface area contributed by atoms with Gasteiger partial charge in [-0.25, -0.2) is 0 Å². The number of rotatable bonds is 3. The second-order valence-corrected chi connectivity index (χ2v) is 6.44. The number of halogens is 1. The Morgan fingerprint density at radius 1 is 1.29 bits per heavy atom. The van der Waals surface area contributed by atoms with Crippen molar-refractivity contribution in [1.82, 2.24) is 0 Å². The van der Waals surface area contributed by atoms with Crippen molar-refractivity contribution < 1.29 is 0 Å². The van der Waals surface area contributed by atoms with Crippen LogP contribution in [0.5, 0.6) is 0 Å². The van der Waals surface area contributed by atoms with E-state index < -0.39 is 8.80 Å². The van der Waals surface area contributed by atoms with Crippen LogP contribution in [0.2, 0.25) is 12.1 Å². The van der Waals surface area contributed by atoms with Gasteiger partial charge in [0.1, 0.15) is 0 Å². The molecule has 0 aromatic rings. The van der Waals surface area contributed by atoms with Crippen molar-refractivity contribution in [3.8, 4) is 0 Å². The van der Waals surface area contributed by atoms with Gasteiger partial charge in [-0.3, -0.25) is 0 Å². The van der Waals surface area contributed by atoms with Gasteiger partial charge in [0.05, 0.1) is 8.80 Å². The Kier molecular flexibility index (Phi) is 5.00. The van der Waals surface area contributed by atoms with Gasteiger partial charge in [-0.2, -0.15) is 0 Å². The Morgan fingerprint density at radius 2 is 1.71 bits per heavy atom. The van der Waals surface area contributed by atoms with Crippen LogP contribution in [0.4, 0.5) is 0 Å². The first-order chi connectivity index (χ1) is 3.35. The summed E-state index contributed by atoms with van der Waals surface area (Å²) < 4.78 is 0. The van der Waals surface area contributed by atoms with Crippen molar-refractivity contribution in [2.45, 2.75) is 25.9 Å². The molecule has 0 nitrogen and oxygen atoms in total. The maximum absolute atomic E-state index is 5.63. The third kappa shape index (κ3) is 3.12. The third-order valence-corrected chi connectivity index (χ3v) is 5.43. The van der Waals surface area contributed by atoms with Gasteiger partial charge in [0.15, 0.2) is 0 Å². The molecule has 2 heteroatoms. The van der Waals surface area contributed by atoms with Gasteiger partial charge in [-0.1, -0.05) is 25.9 Å². The fraction of sp³-hybridized carbons (Fsp3) is 1.00. The van der Waals surface area contributed by atoms with E-state index in [1.54, 1.807) is 0 Å². The zero-order valence-electron chi connectivity index (χ0n) is 5.08. The molecule has 0 aromatic heterocycles. The molecule has 44 valence electrons. The predicted octanol–water partition coefficient (Wildman–Crippen LogP) is 2.03. The lowest BCUT2D eigenvalue weighted by Crippen LogP contribution is -2.10. The minimum atomic E-state index is -0.406. The third-order valence-electron chi connectivity index (χ3n) is 1.37. The highest BCUT2D eigenvalue weighted by atomic mass is 35.5. The summed E-state index contributed by atoms with van der Waals surface area (Å²) in [5, 5.41) is 0. The maximum atomic E-state index is 5.63. The van der Waals surface area contributed by atoms with E-state index in [0.717, 1.165) is 5.50 Å². The summed E-state index contributed by atoms with van der Waals surface area (Å²) >= 11 is 5.63. The summed E-state index contributed by atoms with van der Waals surface area (Å²) in [5.74, 6) is 0. The van der Waals surface area contributed by atoms with Gasteiger partial charge in [0.2, 0.25) is 0 Å². The first kappa shape index (κ1) is 7.51. The maximum Gasteiger partial charge on any atom is 0.0535 e. The van der Waals surface area contributed by atoms with Crippen LogP contribution in [0.15, 0.2) is 0 Å². The molecule has 0 saturated heterocycles. The average Bonchev–Trinajstić information content (AvgIpc) is 1.72. The van der Waals surface area contributed by atoms with Crippen LogP contribution < -0.4 is 0 Å². The molecule has 0 spiro atoms. The normalized spacial score (nSPS) is 10.3. The molecule has 0 atom stereocenters. The van der Waals surface area contributed by atoms with E-state index in [1.807, 2.05) is 0 Å². The Bertz CT molecular complexity index is 29.6. The van der Waals surface area contributed by atoms with E-state index >= 15 is 0 Å². The molecule has 0 amide bonds. The Morgan fingerprint density at radius 3 is 1.71 bits per heavy atom. The summed E-state index contributed by atoms with van der Waals surface area (Å²) in [5.41, 5.74) is 0.965. The topological polar surface area (TPSA) is 0 Å². The summed E-state index contributed by atoms with van der Waals surface area (Å²) in [7, 11) is -0.406. The van der Waals surface area contributed by atoms with Crippen molar-refractivity contribution in [3.63, 3.8) is 0 Å². The van der Waals surface area contributed by atoms with Crippen LogP contribution in [0, 0.1) is 0 Å². The first-order valence-electron chi connectivity index (χ1n) is 2.91. The molecular formula is C5H13ClSi. The summed E-state index contributed by atoms with van der Waals surface area (Å²) in [4.78, 5) is 0. The zero-order valence-corrected chi connectivity index (χ0v) is 6.99. The molecule has 0 N–H and O–H groups in total. The molecular weight excluding hydrogens is 124 g/mol. The standard InChI is InChI=1S/C5H13ClSi/c1-3-7(4-2)5-6/h7H,3-5H2,1-2H3. The highest BCUT2D eigenvalue weighted by Gasteiger charge is 1.99. The summed E-state index contributed by atoms with van der Waals surface area (Å²) in [6.45, 7) is 4.48. The molecule has 0 heterocycles. The second-order valence-electron chi connectivity index (χ2n) is 1.84. The largest absolute Gasteiger partial charge is 0.131 e. The predicted molar refractivity (Wildman–Crippen MR) is 38.8 cm³/mol. The Balaban J connectivity index is 2.99. The fourth-order valence-electron chi connectivity index (χ4n) is 0.507. The van der Waals surface area contributed by atoms with E-state index in [2.05, 4.69) is 13.8 Å². The highest BCUT2D eigenvalue weighted by Crippen LogP contribution is 1.98. The summed E-state index contributed by atoms with van der Waals surface area (Å²) in [6, 6.07) is 2.72. The average molecular weight is 137 g/mol. The lowest BCUT2D eigenvalue weighted by atomic mass is 10.9. The van der Waals surface area contributed by atoms with Gasteiger partial charge in [-0.15, -0.1) is 11.6 Å². The molecule has 0 rings (SSSR count). The molecule has 7 heavy (non-hydrogen) atoms. The van der Waals surface area contributed by atoms with Gasteiger partial charge >= 0.3 is 0 Å². The SMILES string of the molecule is CC[SiH](CC)CCl. The Hall–Kier alpha value is 0.507. The van der Waals surface area contributed by atoms with E-state index in [0.29, 0.717) is 0 Å². The minimum absolute atomic E-state index is 0.406. The molecule has 0 aliphatic heterocycles. The van der Waals surface area contributed by atoms with Crippen molar-refractivity contribution in [1.29, 1.82) is 0 Å². The van der Waals surface area contributed by atoms with Crippen LogP contribution in [0.3, 0.4) is 0 Å². The Labute approximate surface area is 52.5 Å². The zero-order chi connectivity index (χ0) is 5.70. The van der Waals surface area contributed by atoms with Crippen LogP contribution in [-0.2, 0) is 0 Å². The van der Waals surface area contributed by atoms with E-state index in [1.165, 1.54) is 12.1 Å². The van der Waals surface area contributed by atoms with E-state index in [-0.39, 0.29) is 0 Å². The van der Waals surface area contributed by atoms with Crippen molar-refractivity contribution in [2.24, 2.45) is 0 Å². The van der Waals surface area contributed by atoms with Crippen LogP contribution in [0.1, 0.15) is 13.8 Å². The lowest BCUT2D eigenvalue weighted by molar-refractivity contribution is 1.31.